The standard InChI is InChI=1S/C4H8I2O3/c5-4(6)3(9)2(8)1-7/h2-4,7-9H,1H2. The van der Waals surface area contributed by atoms with Crippen LogP contribution in [0.15, 0.2) is 0 Å². The van der Waals surface area contributed by atoms with E-state index in [9.17, 15) is 0 Å². The van der Waals surface area contributed by atoms with Crippen molar-refractivity contribution in [1.29, 1.82) is 0 Å². The number of alkyl halides is 2. The van der Waals surface area contributed by atoms with E-state index in [1.807, 2.05) is 45.2 Å². The normalized spacial score (nSPS) is 18.0. The summed E-state index contributed by atoms with van der Waals surface area (Å²) in [5.74, 6) is 0. The van der Waals surface area contributed by atoms with Crippen LogP contribution in [0.5, 0.6) is 0 Å². The highest BCUT2D eigenvalue weighted by atomic mass is 127. The highest BCUT2D eigenvalue weighted by Crippen LogP contribution is 2.16. The second-order valence-electron chi connectivity index (χ2n) is 1.57. The van der Waals surface area contributed by atoms with Crippen molar-refractivity contribution in [2.75, 3.05) is 6.61 Å². The van der Waals surface area contributed by atoms with Gasteiger partial charge in [0, 0.05) is 0 Å². The molecular weight excluding hydrogens is 350 g/mol. The highest BCUT2D eigenvalue weighted by Gasteiger charge is 2.20. The first-order valence-corrected chi connectivity index (χ1v) is 4.84. The molecule has 0 heterocycles. The second kappa shape index (κ2) is 5.05. The molecule has 2 atom stereocenters. The fraction of sp³-hybridized carbons (Fsp3) is 1.00. The van der Waals surface area contributed by atoms with Crippen molar-refractivity contribution in [2.45, 2.75) is 14.1 Å². The van der Waals surface area contributed by atoms with E-state index in [1.54, 1.807) is 0 Å². The summed E-state index contributed by atoms with van der Waals surface area (Å²) in [6, 6.07) is 0. The van der Waals surface area contributed by atoms with Gasteiger partial charge < -0.3 is 15.3 Å². The molecule has 0 saturated heterocycles. The van der Waals surface area contributed by atoms with E-state index in [4.69, 9.17) is 15.3 Å². The van der Waals surface area contributed by atoms with Gasteiger partial charge in [0.1, 0.15) is 12.2 Å². The molecular formula is C4H8I2O3. The van der Waals surface area contributed by atoms with Crippen molar-refractivity contribution >= 4 is 45.2 Å². The Balaban J connectivity index is 3.58. The first-order chi connectivity index (χ1) is 4.09. The average molecular weight is 358 g/mol. The molecule has 0 aliphatic heterocycles. The predicted molar refractivity (Wildman–Crippen MR) is 50.9 cm³/mol. The third-order valence-corrected chi connectivity index (χ3v) is 2.31. The quantitative estimate of drug-likeness (QED) is 0.488. The van der Waals surface area contributed by atoms with Crippen LogP contribution in [0.25, 0.3) is 0 Å². The van der Waals surface area contributed by atoms with Crippen molar-refractivity contribution in [1.82, 2.24) is 0 Å². The van der Waals surface area contributed by atoms with Crippen molar-refractivity contribution in [3.05, 3.63) is 0 Å². The van der Waals surface area contributed by atoms with Gasteiger partial charge in [0.15, 0.2) is 0 Å². The lowest BCUT2D eigenvalue weighted by Crippen LogP contribution is -2.33. The van der Waals surface area contributed by atoms with Crippen LogP contribution in [0, 0.1) is 0 Å². The average Bonchev–Trinajstić information content (AvgIpc) is 1.84. The molecule has 0 saturated carbocycles. The molecule has 0 bridgehead atoms. The van der Waals surface area contributed by atoms with Gasteiger partial charge in [0.25, 0.3) is 0 Å². The van der Waals surface area contributed by atoms with Gasteiger partial charge >= 0.3 is 0 Å². The zero-order valence-corrected chi connectivity index (χ0v) is 8.85. The molecule has 5 heteroatoms. The minimum Gasteiger partial charge on any atom is -0.394 e. The molecule has 9 heavy (non-hydrogen) atoms. The van der Waals surface area contributed by atoms with Crippen LogP contribution < -0.4 is 0 Å². The van der Waals surface area contributed by atoms with Gasteiger partial charge in [-0.3, -0.25) is 0 Å². The first-order valence-electron chi connectivity index (χ1n) is 2.34. The van der Waals surface area contributed by atoms with Crippen LogP contribution in [0.1, 0.15) is 0 Å². The molecule has 0 aromatic rings. The third-order valence-electron chi connectivity index (χ3n) is 0.839. The largest absolute Gasteiger partial charge is 0.394 e. The minimum absolute atomic E-state index is 0.0673. The zero-order chi connectivity index (χ0) is 7.44. The van der Waals surface area contributed by atoms with E-state index in [1.165, 1.54) is 0 Å². The number of aliphatic hydroxyl groups is 3. The first kappa shape index (κ1) is 10.3. The molecule has 0 aromatic heterocycles. The highest BCUT2D eigenvalue weighted by molar-refractivity contribution is 14.2. The smallest absolute Gasteiger partial charge is 0.105 e. The molecule has 0 fully saturated rings. The summed E-state index contributed by atoms with van der Waals surface area (Å²) in [7, 11) is 0. The molecule has 56 valence electrons. The Bertz CT molecular complexity index is 78.2. The molecule has 0 aliphatic carbocycles. The third kappa shape index (κ3) is 3.91. The number of halogens is 2. The topological polar surface area (TPSA) is 60.7 Å². The summed E-state index contributed by atoms with van der Waals surface area (Å²) in [6.07, 6.45) is -1.85. The summed E-state index contributed by atoms with van der Waals surface area (Å²) in [5, 5.41) is 26.1. The van der Waals surface area contributed by atoms with Crippen molar-refractivity contribution < 1.29 is 15.3 Å². The van der Waals surface area contributed by atoms with E-state index in [2.05, 4.69) is 0 Å². The molecule has 0 aromatic carbocycles. The number of aliphatic hydroxyl groups excluding tert-OH is 3. The number of rotatable bonds is 3. The lowest BCUT2D eigenvalue weighted by Gasteiger charge is -2.15. The van der Waals surface area contributed by atoms with Crippen molar-refractivity contribution in [3.8, 4) is 0 Å². The maximum atomic E-state index is 8.97. The SMILES string of the molecule is OCC(O)C(O)C(I)I. The Morgan fingerprint density at radius 1 is 1.22 bits per heavy atom. The van der Waals surface area contributed by atoms with Gasteiger partial charge in [0.05, 0.1) is 8.54 Å². The van der Waals surface area contributed by atoms with Crippen LogP contribution in [0.2, 0.25) is 0 Å². The van der Waals surface area contributed by atoms with Gasteiger partial charge in [-0.1, -0.05) is 45.2 Å². The van der Waals surface area contributed by atoms with Crippen LogP contribution in [0.3, 0.4) is 0 Å². The van der Waals surface area contributed by atoms with E-state index in [0.717, 1.165) is 0 Å². The van der Waals surface area contributed by atoms with Crippen molar-refractivity contribution in [3.63, 3.8) is 0 Å². The lowest BCUT2D eigenvalue weighted by atomic mass is 10.2. The number of hydrogen-bond donors (Lipinski definition) is 3. The maximum Gasteiger partial charge on any atom is 0.105 e. The predicted octanol–water partition coefficient (Wildman–Crippen LogP) is -0.103. The molecule has 0 rings (SSSR count). The van der Waals surface area contributed by atoms with Crippen LogP contribution in [-0.2, 0) is 0 Å². The summed E-state index contributed by atoms with van der Waals surface area (Å²) in [4.78, 5) is 0. The molecule has 0 radical (unpaired) electrons. The molecule has 2 unspecified atom stereocenters. The number of hydrogen-bond acceptors (Lipinski definition) is 3. The van der Waals surface area contributed by atoms with E-state index < -0.39 is 12.2 Å². The van der Waals surface area contributed by atoms with Gasteiger partial charge in [-0.25, -0.2) is 0 Å². The molecule has 0 amide bonds. The van der Waals surface area contributed by atoms with Crippen molar-refractivity contribution in [2.24, 2.45) is 0 Å². The molecule has 0 aliphatic rings. The van der Waals surface area contributed by atoms with Crippen LogP contribution in [0.4, 0.5) is 0 Å². The Kier molecular flexibility index (Phi) is 5.80. The summed E-state index contributed by atoms with van der Waals surface area (Å²) >= 11 is 3.95. The van der Waals surface area contributed by atoms with Gasteiger partial charge in [-0.05, 0) is 0 Å². The fourth-order valence-electron chi connectivity index (χ4n) is 0.276. The lowest BCUT2D eigenvalue weighted by molar-refractivity contribution is -0.00241. The Labute approximate surface area is 80.7 Å². The second-order valence-corrected chi connectivity index (χ2v) is 6.64. The monoisotopic (exact) mass is 358 g/mol. The molecule has 3 nitrogen and oxygen atoms in total. The van der Waals surface area contributed by atoms with Gasteiger partial charge in [-0.2, -0.15) is 0 Å². The van der Waals surface area contributed by atoms with E-state index in [-0.39, 0.29) is 8.54 Å². The van der Waals surface area contributed by atoms with Crippen LogP contribution >= 0.6 is 45.2 Å². The Hall–Kier alpha value is 1.34. The Morgan fingerprint density at radius 2 is 1.67 bits per heavy atom. The van der Waals surface area contributed by atoms with E-state index in [0.29, 0.717) is 0 Å². The molecule has 0 spiro atoms. The fourth-order valence-corrected chi connectivity index (χ4v) is 1.23. The van der Waals surface area contributed by atoms with Crippen LogP contribution in [-0.4, -0.2) is 36.1 Å². The van der Waals surface area contributed by atoms with Gasteiger partial charge in [0.2, 0.25) is 0 Å². The molecule has 3 N–H and O–H groups in total. The minimum atomic E-state index is -1.01. The zero-order valence-electron chi connectivity index (χ0n) is 4.54. The van der Waals surface area contributed by atoms with Gasteiger partial charge in [-0.15, -0.1) is 0 Å². The summed E-state index contributed by atoms with van der Waals surface area (Å²) < 4.78 is -0.0673. The van der Waals surface area contributed by atoms with E-state index >= 15 is 0 Å². The Morgan fingerprint density at radius 3 is 1.78 bits per heavy atom. The summed E-state index contributed by atoms with van der Waals surface area (Å²) in [5.41, 5.74) is 0. The maximum absolute atomic E-state index is 8.97. The summed E-state index contributed by atoms with van der Waals surface area (Å²) in [6.45, 7) is -0.385.